The minimum atomic E-state index is -0.774. The molecular formula is C71H126O6. The monoisotopic (exact) mass is 1070 g/mol. The lowest BCUT2D eigenvalue weighted by molar-refractivity contribution is -0.167. The molecule has 77 heavy (non-hydrogen) atoms. The van der Waals surface area contributed by atoms with Gasteiger partial charge in [0.05, 0.1) is 0 Å². The van der Waals surface area contributed by atoms with E-state index in [2.05, 4.69) is 93.7 Å². The molecule has 0 N–H and O–H groups in total. The van der Waals surface area contributed by atoms with Gasteiger partial charge in [-0.05, 0) is 83.5 Å². The van der Waals surface area contributed by atoms with Gasteiger partial charge >= 0.3 is 17.9 Å². The van der Waals surface area contributed by atoms with Crippen molar-refractivity contribution in [1.29, 1.82) is 0 Å². The molecule has 0 rings (SSSR count). The number of rotatable bonds is 61. The molecule has 0 saturated heterocycles. The van der Waals surface area contributed by atoms with Crippen molar-refractivity contribution in [1.82, 2.24) is 0 Å². The summed E-state index contributed by atoms with van der Waals surface area (Å²) >= 11 is 0. The fraction of sp³-hybridized carbons (Fsp3) is 0.789. The maximum atomic E-state index is 12.9. The molecule has 0 spiro atoms. The van der Waals surface area contributed by atoms with E-state index in [1.54, 1.807) is 0 Å². The molecular weight excluding hydrogens is 949 g/mol. The zero-order valence-electron chi connectivity index (χ0n) is 51.2. The Kier molecular flexibility index (Phi) is 62.7. The molecule has 1 unspecified atom stereocenters. The molecule has 0 aliphatic carbocycles. The van der Waals surface area contributed by atoms with Crippen molar-refractivity contribution in [3.8, 4) is 0 Å². The van der Waals surface area contributed by atoms with Crippen molar-refractivity contribution in [3.05, 3.63) is 72.9 Å². The van der Waals surface area contributed by atoms with E-state index in [9.17, 15) is 14.4 Å². The molecule has 0 bridgehead atoms. The normalized spacial score (nSPS) is 12.5. The summed E-state index contributed by atoms with van der Waals surface area (Å²) in [4.78, 5) is 38.2. The summed E-state index contributed by atoms with van der Waals surface area (Å²) in [6, 6.07) is 0. The lowest BCUT2D eigenvalue weighted by Gasteiger charge is -2.18. The second-order valence-corrected chi connectivity index (χ2v) is 22.4. The molecule has 0 heterocycles. The zero-order chi connectivity index (χ0) is 55.7. The van der Waals surface area contributed by atoms with Crippen LogP contribution in [0.3, 0.4) is 0 Å². The maximum Gasteiger partial charge on any atom is 0.306 e. The molecule has 446 valence electrons. The fourth-order valence-corrected chi connectivity index (χ4v) is 9.69. The van der Waals surface area contributed by atoms with Crippen LogP contribution in [0.15, 0.2) is 72.9 Å². The standard InChI is InChI=1S/C71H126O6/c1-4-7-10-13-16-19-22-24-26-27-28-29-30-31-32-33-34-35-36-37-38-39-40-41-42-43-45-46-49-52-55-58-61-64-70(73)76-67-68(66-75-69(72)63-60-57-54-51-48-21-18-15-12-9-6-3)77-71(74)65-62-59-56-53-50-47-44-25-23-20-17-14-11-8-5-2/h7,10,15-16,18-19,24,26,28-29,31-32,68H,4-6,8-9,11-14,17,20-23,25,27,30,33-67H2,1-3H3/b10-7-,18-15-,19-16-,26-24-,29-28-,32-31-. The van der Waals surface area contributed by atoms with E-state index in [-0.39, 0.29) is 31.1 Å². The van der Waals surface area contributed by atoms with Gasteiger partial charge in [-0.15, -0.1) is 0 Å². The van der Waals surface area contributed by atoms with E-state index in [0.717, 1.165) is 96.3 Å². The van der Waals surface area contributed by atoms with Crippen molar-refractivity contribution >= 4 is 17.9 Å². The number of esters is 3. The molecule has 6 nitrogen and oxygen atoms in total. The molecule has 0 aromatic carbocycles. The Bertz CT molecular complexity index is 1420. The van der Waals surface area contributed by atoms with Gasteiger partial charge in [-0.25, -0.2) is 0 Å². The highest BCUT2D eigenvalue weighted by Crippen LogP contribution is 2.18. The van der Waals surface area contributed by atoms with Crippen LogP contribution < -0.4 is 0 Å². The van der Waals surface area contributed by atoms with E-state index in [1.807, 2.05) is 0 Å². The third-order valence-electron chi connectivity index (χ3n) is 14.7. The Morgan fingerprint density at radius 2 is 0.519 bits per heavy atom. The van der Waals surface area contributed by atoms with Crippen LogP contribution in [0.25, 0.3) is 0 Å². The van der Waals surface area contributed by atoms with Crippen molar-refractivity contribution in [2.24, 2.45) is 0 Å². The van der Waals surface area contributed by atoms with Gasteiger partial charge in [0.2, 0.25) is 0 Å². The highest BCUT2D eigenvalue weighted by Gasteiger charge is 2.19. The maximum absolute atomic E-state index is 12.9. The number of hydrogen-bond acceptors (Lipinski definition) is 6. The number of ether oxygens (including phenoxy) is 3. The fourth-order valence-electron chi connectivity index (χ4n) is 9.69. The molecule has 0 radical (unpaired) electrons. The summed E-state index contributed by atoms with van der Waals surface area (Å²) in [6.07, 6.45) is 85.0. The first kappa shape index (κ1) is 73.8. The van der Waals surface area contributed by atoms with Gasteiger partial charge in [0.25, 0.3) is 0 Å². The number of unbranched alkanes of at least 4 members (excludes halogenated alkanes) is 38. The van der Waals surface area contributed by atoms with E-state index in [4.69, 9.17) is 14.2 Å². The van der Waals surface area contributed by atoms with Crippen LogP contribution in [0.1, 0.15) is 342 Å². The summed E-state index contributed by atoms with van der Waals surface area (Å²) in [5.41, 5.74) is 0. The zero-order valence-corrected chi connectivity index (χ0v) is 51.2. The molecule has 0 aliphatic rings. The lowest BCUT2D eigenvalue weighted by atomic mass is 10.0. The Labute approximate surface area is 478 Å². The van der Waals surface area contributed by atoms with Crippen molar-refractivity contribution in [2.75, 3.05) is 13.2 Å². The van der Waals surface area contributed by atoms with Gasteiger partial charge in [-0.1, -0.05) is 312 Å². The van der Waals surface area contributed by atoms with Crippen molar-refractivity contribution < 1.29 is 28.6 Å². The smallest absolute Gasteiger partial charge is 0.306 e. The number of allylic oxidation sites excluding steroid dienone is 12. The first-order valence-corrected chi connectivity index (χ1v) is 33.4. The van der Waals surface area contributed by atoms with E-state index in [1.165, 1.54) is 205 Å². The second kappa shape index (κ2) is 65.4. The summed E-state index contributed by atoms with van der Waals surface area (Å²) in [6.45, 7) is 6.52. The topological polar surface area (TPSA) is 78.9 Å². The average molecular weight is 1080 g/mol. The lowest BCUT2D eigenvalue weighted by Crippen LogP contribution is -2.30. The largest absolute Gasteiger partial charge is 0.462 e. The summed E-state index contributed by atoms with van der Waals surface area (Å²) < 4.78 is 16.9. The molecule has 0 aliphatic heterocycles. The van der Waals surface area contributed by atoms with Crippen LogP contribution in [-0.2, 0) is 28.6 Å². The van der Waals surface area contributed by atoms with Crippen molar-refractivity contribution in [2.45, 2.75) is 348 Å². The molecule has 0 fully saturated rings. The highest BCUT2D eigenvalue weighted by atomic mass is 16.6. The molecule has 0 aromatic rings. The molecule has 1 atom stereocenters. The Morgan fingerprint density at radius 1 is 0.273 bits per heavy atom. The average Bonchev–Trinajstić information content (AvgIpc) is 3.43. The van der Waals surface area contributed by atoms with E-state index >= 15 is 0 Å². The van der Waals surface area contributed by atoms with Crippen LogP contribution in [0.4, 0.5) is 0 Å². The van der Waals surface area contributed by atoms with Crippen LogP contribution in [-0.4, -0.2) is 37.2 Å². The SMILES string of the molecule is CC/C=C\C/C=C\C/C=C\C/C=C\C/C=C\CCCCCCCCCCCCCCCCCCCC(=O)OCC(COC(=O)CCCCCCC/C=C\CCCC)OC(=O)CCCCCCCCCCCCCCCCC. The summed E-state index contributed by atoms with van der Waals surface area (Å²) in [7, 11) is 0. The van der Waals surface area contributed by atoms with E-state index < -0.39 is 6.10 Å². The third-order valence-corrected chi connectivity index (χ3v) is 14.7. The number of hydrogen-bond donors (Lipinski definition) is 0. The molecule has 0 aromatic heterocycles. The quantitative estimate of drug-likeness (QED) is 0.0261. The predicted octanol–water partition coefficient (Wildman–Crippen LogP) is 22.9. The van der Waals surface area contributed by atoms with E-state index in [0.29, 0.717) is 19.3 Å². The first-order valence-electron chi connectivity index (χ1n) is 33.4. The van der Waals surface area contributed by atoms with Crippen LogP contribution in [0.5, 0.6) is 0 Å². The van der Waals surface area contributed by atoms with Gasteiger partial charge in [-0.3, -0.25) is 14.4 Å². The van der Waals surface area contributed by atoms with Crippen LogP contribution in [0.2, 0.25) is 0 Å². The third kappa shape index (κ3) is 63.6. The minimum absolute atomic E-state index is 0.0723. The predicted molar refractivity (Wildman–Crippen MR) is 335 cm³/mol. The minimum Gasteiger partial charge on any atom is -0.462 e. The van der Waals surface area contributed by atoms with Gasteiger partial charge in [-0.2, -0.15) is 0 Å². The summed E-state index contributed by atoms with van der Waals surface area (Å²) in [5, 5.41) is 0. The van der Waals surface area contributed by atoms with Gasteiger partial charge in [0.1, 0.15) is 13.2 Å². The van der Waals surface area contributed by atoms with Gasteiger partial charge in [0, 0.05) is 19.3 Å². The Morgan fingerprint density at radius 3 is 0.844 bits per heavy atom. The number of carbonyl (C=O) groups excluding carboxylic acids is 3. The Balaban J connectivity index is 4.09. The van der Waals surface area contributed by atoms with Crippen LogP contribution in [0, 0.1) is 0 Å². The second-order valence-electron chi connectivity index (χ2n) is 22.4. The van der Waals surface area contributed by atoms with Gasteiger partial charge < -0.3 is 14.2 Å². The first-order chi connectivity index (χ1) is 38.0. The van der Waals surface area contributed by atoms with Gasteiger partial charge in [0.15, 0.2) is 6.10 Å². The molecule has 0 saturated carbocycles. The molecule has 6 heteroatoms. The molecule has 0 amide bonds. The van der Waals surface area contributed by atoms with Crippen molar-refractivity contribution in [3.63, 3.8) is 0 Å². The highest BCUT2D eigenvalue weighted by molar-refractivity contribution is 5.71. The van der Waals surface area contributed by atoms with Crippen LogP contribution >= 0.6 is 0 Å². The Hall–Kier alpha value is -3.15. The number of carbonyl (C=O) groups is 3. The summed E-state index contributed by atoms with van der Waals surface area (Å²) in [5.74, 6) is -0.863.